The molecule has 0 atom stereocenters. The van der Waals surface area contributed by atoms with E-state index < -0.39 is 75.9 Å². The lowest BCUT2D eigenvalue weighted by molar-refractivity contribution is -0.163. The van der Waals surface area contributed by atoms with Crippen LogP contribution in [0.15, 0.2) is 60.1 Å². The smallest absolute Gasteiger partial charge is 0.433 e. The van der Waals surface area contributed by atoms with E-state index in [-0.39, 0.29) is 16.8 Å². The molecule has 1 aliphatic carbocycles. The second-order valence-corrected chi connectivity index (χ2v) is 11.0. The first-order chi connectivity index (χ1) is 21.0. The molecule has 5 rings (SSSR count). The van der Waals surface area contributed by atoms with Gasteiger partial charge in [-0.1, -0.05) is 31.0 Å². The number of aromatic nitrogens is 2. The number of hydrazine groups is 1. The zero-order valence-electron chi connectivity index (χ0n) is 23.9. The first-order valence-electron chi connectivity index (χ1n) is 13.7. The largest absolute Gasteiger partial charge is 0.509 e. The maximum atomic E-state index is 14.6. The lowest BCUT2D eigenvalue weighted by Gasteiger charge is -2.48. The van der Waals surface area contributed by atoms with E-state index in [0.717, 1.165) is 29.3 Å². The number of alkyl halides is 5. The van der Waals surface area contributed by atoms with Gasteiger partial charge in [0.15, 0.2) is 11.6 Å². The number of aliphatic hydroxyl groups is 1. The van der Waals surface area contributed by atoms with E-state index in [9.17, 15) is 45.4 Å². The van der Waals surface area contributed by atoms with Gasteiger partial charge in [0, 0.05) is 30.7 Å². The summed E-state index contributed by atoms with van der Waals surface area (Å²) in [7, 11) is 1.47. The molecule has 45 heavy (non-hydrogen) atoms. The Kier molecular flexibility index (Phi) is 8.10. The number of nitrogens with zero attached hydrogens (tertiary/aromatic N) is 4. The van der Waals surface area contributed by atoms with E-state index in [0.29, 0.717) is 45.0 Å². The normalized spacial score (nSPS) is 17.4. The van der Waals surface area contributed by atoms with E-state index in [1.165, 1.54) is 24.2 Å². The second kappa shape index (κ2) is 11.4. The molecule has 15 heteroatoms. The van der Waals surface area contributed by atoms with Crippen LogP contribution in [0.2, 0.25) is 0 Å². The number of nitrogens with one attached hydrogen (secondary N) is 1. The number of aliphatic hydroxyl groups excluding tert-OH is 1. The van der Waals surface area contributed by atoms with Gasteiger partial charge < -0.3 is 10.4 Å². The molecule has 8 nitrogen and oxygen atoms in total. The minimum atomic E-state index is -4.90. The van der Waals surface area contributed by atoms with E-state index >= 15 is 0 Å². The Bertz CT molecular complexity index is 1700. The van der Waals surface area contributed by atoms with Gasteiger partial charge in [-0.25, -0.2) is 32.5 Å². The van der Waals surface area contributed by atoms with Crippen LogP contribution in [0.1, 0.15) is 49.4 Å². The number of likely N-dealkylation sites (N-methyl/N-ethyl adjacent to an activating group) is 1. The molecule has 0 radical (unpaired) electrons. The Labute approximate surface area is 252 Å². The summed E-state index contributed by atoms with van der Waals surface area (Å²) in [6.45, 7) is 0.0695. The predicted molar refractivity (Wildman–Crippen MR) is 146 cm³/mol. The van der Waals surface area contributed by atoms with Gasteiger partial charge in [-0.3, -0.25) is 14.6 Å². The maximum Gasteiger partial charge on any atom is 0.433 e. The van der Waals surface area contributed by atoms with Crippen molar-refractivity contribution >= 4 is 17.5 Å². The molecule has 2 aliphatic rings. The molecule has 0 saturated heterocycles. The lowest BCUT2D eigenvalue weighted by atomic mass is 9.88. The van der Waals surface area contributed by atoms with Gasteiger partial charge in [-0.15, -0.1) is 0 Å². The Morgan fingerprint density at radius 2 is 1.73 bits per heavy atom. The molecule has 2 N–H and O–H groups in total. The molecular formula is C30H26F7N5O3. The molecule has 2 amide bonds. The summed E-state index contributed by atoms with van der Waals surface area (Å²) in [5.41, 5.74) is -5.27. The molecule has 238 valence electrons. The van der Waals surface area contributed by atoms with Gasteiger partial charge in [0.2, 0.25) is 0 Å². The number of hydrogen-bond acceptors (Lipinski definition) is 6. The molecule has 3 aromatic rings. The summed E-state index contributed by atoms with van der Waals surface area (Å²) in [6.07, 6.45) is -2.51. The fraction of sp³-hybridized carbons (Fsp3) is 0.333. The number of carbonyl (C=O) groups is 2. The summed E-state index contributed by atoms with van der Waals surface area (Å²) in [4.78, 5) is 34.5. The Balaban J connectivity index is 1.58. The summed E-state index contributed by atoms with van der Waals surface area (Å²) in [5.74, 6) is -8.65. The molecule has 1 spiro atoms. The number of carbonyl (C=O) groups excluding carboxylic acids is 2. The van der Waals surface area contributed by atoms with Crippen LogP contribution in [0, 0.1) is 11.6 Å². The molecule has 1 aromatic heterocycles. The summed E-state index contributed by atoms with van der Waals surface area (Å²) in [6, 6.07) is 6.72. The van der Waals surface area contributed by atoms with Gasteiger partial charge in [0.1, 0.15) is 23.4 Å². The van der Waals surface area contributed by atoms with Crippen LogP contribution in [0.4, 0.5) is 36.4 Å². The minimum absolute atomic E-state index is 0.202. The van der Waals surface area contributed by atoms with Crippen molar-refractivity contribution in [1.82, 2.24) is 20.0 Å². The fourth-order valence-corrected chi connectivity index (χ4v) is 5.70. The number of benzene rings is 2. The molecule has 2 aromatic carbocycles. The first-order valence-corrected chi connectivity index (χ1v) is 13.7. The second-order valence-electron chi connectivity index (χ2n) is 11.0. The number of rotatable bonds is 6. The highest BCUT2D eigenvalue weighted by molar-refractivity contribution is 6.24. The minimum Gasteiger partial charge on any atom is -0.509 e. The van der Waals surface area contributed by atoms with Crippen LogP contribution in [0.5, 0.6) is 0 Å². The van der Waals surface area contributed by atoms with Crippen molar-refractivity contribution in [3.05, 3.63) is 88.6 Å². The molecule has 1 aliphatic heterocycles. The highest BCUT2D eigenvalue weighted by Gasteiger charge is 2.53. The molecule has 1 saturated carbocycles. The van der Waals surface area contributed by atoms with Crippen molar-refractivity contribution in [2.24, 2.45) is 0 Å². The van der Waals surface area contributed by atoms with Crippen molar-refractivity contribution in [3.8, 4) is 11.3 Å². The number of halogens is 7. The topological polar surface area (TPSA) is 98.7 Å². The molecule has 0 bridgehead atoms. The quantitative estimate of drug-likeness (QED) is 0.237. The lowest BCUT2D eigenvalue weighted by Crippen LogP contribution is -2.62. The summed E-state index contributed by atoms with van der Waals surface area (Å²) >= 11 is 0. The average molecular weight is 638 g/mol. The van der Waals surface area contributed by atoms with Crippen molar-refractivity contribution in [2.45, 2.75) is 56.8 Å². The number of anilines is 1. The van der Waals surface area contributed by atoms with Crippen LogP contribution in [-0.2, 0) is 28.2 Å². The van der Waals surface area contributed by atoms with Gasteiger partial charge in [-0.05, 0) is 37.1 Å². The SMILES string of the molecule is CN1N(Cc2cccc(F)c2F)C(=O)C(C(=O)Nc2ccc(C(C)(F)F)cc2-c2cc(C(F)(F)F)ncn2)=C(O)C12CCCC2. The monoisotopic (exact) mass is 637 g/mol. The fourth-order valence-electron chi connectivity index (χ4n) is 5.70. The molecule has 1 fully saturated rings. The highest BCUT2D eigenvalue weighted by Crippen LogP contribution is 2.45. The molecule has 0 unspecified atom stereocenters. The first kappa shape index (κ1) is 31.9. The van der Waals surface area contributed by atoms with Crippen LogP contribution in [0.3, 0.4) is 0 Å². The van der Waals surface area contributed by atoms with Crippen molar-refractivity contribution < 1.29 is 45.4 Å². The standard InChI is InChI=1S/C30H26F7N5O3/c1-28(33,34)17-8-9-20(18(12-17)21-13-22(30(35,36)37)39-15-38-21)40-26(44)23-25(43)29(10-3-4-11-29)41(2)42(27(23)45)14-16-6-5-7-19(31)24(16)32/h5-9,12-13,15,43H,3-4,10-11,14H2,1-2H3,(H,40,44). The van der Waals surface area contributed by atoms with E-state index in [1.807, 2.05) is 0 Å². The predicted octanol–water partition coefficient (Wildman–Crippen LogP) is 6.50. The zero-order chi connectivity index (χ0) is 32.9. The van der Waals surface area contributed by atoms with E-state index in [4.69, 9.17) is 0 Å². The van der Waals surface area contributed by atoms with E-state index in [1.54, 1.807) is 0 Å². The zero-order valence-corrected chi connectivity index (χ0v) is 23.9. The number of hydrogen-bond donors (Lipinski definition) is 2. The van der Waals surface area contributed by atoms with Gasteiger partial charge in [0.25, 0.3) is 17.7 Å². The van der Waals surface area contributed by atoms with Crippen LogP contribution in [-0.4, -0.2) is 49.5 Å². The van der Waals surface area contributed by atoms with E-state index in [2.05, 4.69) is 15.3 Å². The van der Waals surface area contributed by atoms with Gasteiger partial charge >= 0.3 is 6.18 Å². The van der Waals surface area contributed by atoms with Gasteiger partial charge in [-0.2, -0.15) is 13.2 Å². The third-order valence-electron chi connectivity index (χ3n) is 8.13. The maximum absolute atomic E-state index is 14.6. The van der Waals surface area contributed by atoms with Crippen LogP contribution >= 0.6 is 0 Å². The average Bonchev–Trinajstić information content (AvgIpc) is 3.47. The van der Waals surface area contributed by atoms with Crippen molar-refractivity contribution in [2.75, 3.05) is 12.4 Å². The third kappa shape index (κ3) is 5.83. The Hall–Kier alpha value is -4.53. The Morgan fingerprint density at radius 3 is 2.38 bits per heavy atom. The summed E-state index contributed by atoms with van der Waals surface area (Å²) in [5, 5.41) is 16.2. The number of amides is 2. The summed E-state index contributed by atoms with van der Waals surface area (Å²) < 4.78 is 97.3. The van der Waals surface area contributed by atoms with Crippen LogP contribution < -0.4 is 5.32 Å². The molecule has 2 heterocycles. The van der Waals surface area contributed by atoms with Gasteiger partial charge in [0.05, 0.1) is 23.5 Å². The Morgan fingerprint density at radius 1 is 1.04 bits per heavy atom. The highest BCUT2D eigenvalue weighted by atomic mass is 19.4. The van der Waals surface area contributed by atoms with Crippen molar-refractivity contribution in [1.29, 1.82) is 0 Å². The third-order valence-corrected chi connectivity index (χ3v) is 8.13. The molecular weight excluding hydrogens is 611 g/mol. The van der Waals surface area contributed by atoms with Crippen LogP contribution in [0.25, 0.3) is 11.3 Å². The van der Waals surface area contributed by atoms with Crippen molar-refractivity contribution in [3.63, 3.8) is 0 Å².